The minimum absolute atomic E-state index is 0.193. The summed E-state index contributed by atoms with van der Waals surface area (Å²) in [5.74, 6) is -0.223. The van der Waals surface area contributed by atoms with E-state index in [2.05, 4.69) is 62.5 Å². The highest BCUT2D eigenvalue weighted by Gasteiger charge is 2.13. The molecule has 0 amide bonds. The summed E-state index contributed by atoms with van der Waals surface area (Å²) in [4.78, 5) is 12.1. The number of hydrogen-bond donors (Lipinski definition) is 1. The van der Waals surface area contributed by atoms with E-state index in [-0.39, 0.29) is 19.2 Å². The Morgan fingerprint density at radius 2 is 1.16 bits per heavy atom. The van der Waals surface area contributed by atoms with Gasteiger partial charge in [-0.1, -0.05) is 133 Å². The second kappa shape index (κ2) is 31.6. The van der Waals surface area contributed by atoms with Crippen molar-refractivity contribution in [1.82, 2.24) is 0 Å². The molecule has 4 nitrogen and oxygen atoms in total. The second-order valence-corrected chi connectivity index (χ2v) is 10.2. The molecule has 1 unspecified atom stereocenters. The highest BCUT2D eigenvalue weighted by atomic mass is 16.6. The second-order valence-electron chi connectivity index (χ2n) is 10.2. The lowest BCUT2D eigenvalue weighted by atomic mass is 10.0. The summed E-state index contributed by atoms with van der Waals surface area (Å²) in [5, 5.41) is 9.49. The van der Waals surface area contributed by atoms with Crippen LogP contribution in [0.2, 0.25) is 0 Å². The molecule has 1 atom stereocenters. The lowest BCUT2D eigenvalue weighted by molar-refractivity contribution is -0.154. The van der Waals surface area contributed by atoms with E-state index >= 15 is 0 Å². The first-order chi connectivity index (χ1) is 18.7. The van der Waals surface area contributed by atoms with Gasteiger partial charge in [-0.05, 0) is 44.9 Å². The molecule has 0 aliphatic rings. The molecule has 0 aromatic rings. The van der Waals surface area contributed by atoms with Gasteiger partial charge < -0.3 is 14.6 Å². The van der Waals surface area contributed by atoms with Gasteiger partial charge in [0, 0.05) is 13.0 Å². The van der Waals surface area contributed by atoms with Crippen LogP contribution in [0.25, 0.3) is 0 Å². The first-order valence-electron chi connectivity index (χ1n) is 15.7. The number of carbonyl (C=O) groups is 1. The molecule has 220 valence electrons. The molecule has 0 bridgehead atoms. The van der Waals surface area contributed by atoms with E-state index in [4.69, 9.17) is 9.47 Å². The number of aliphatic hydroxyl groups is 1. The van der Waals surface area contributed by atoms with Crippen molar-refractivity contribution < 1.29 is 19.4 Å². The SMILES string of the molecule is CC/C=C\C/C=C\C/C=C\C/C=C\CCCOCC(CO)OC(=O)CCCCCCCCCCCCCC. The summed E-state index contributed by atoms with van der Waals surface area (Å²) in [7, 11) is 0. The van der Waals surface area contributed by atoms with Crippen LogP contribution in [0.15, 0.2) is 48.6 Å². The van der Waals surface area contributed by atoms with Crippen LogP contribution in [0.4, 0.5) is 0 Å². The molecule has 0 aromatic carbocycles. The Labute approximate surface area is 235 Å². The summed E-state index contributed by atoms with van der Waals surface area (Å²) >= 11 is 0. The van der Waals surface area contributed by atoms with E-state index in [1.54, 1.807) is 0 Å². The van der Waals surface area contributed by atoms with Crippen LogP contribution in [0.1, 0.15) is 136 Å². The summed E-state index contributed by atoms with van der Waals surface area (Å²) < 4.78 is 11.0. The number of ether oxygens (including phenoxy) is 2. The Hall–Kier alpha value is -1.65. The van der Waals surface area contributed by atoms with Crippen LogP contribution in [-0.2, 0) is 14.3 Å². The minimum Gasteiger partial charge on any atom is -0.457 e. The fraction of sp³-hybridized carbons (Fsp3) is 0.735. The van der Waals surface area contributed by atoms with Crippen LogP contribution in [-0.4, -0.2) is 37.0 Å². The summed E-state index contributed by atoms with van der Waals surface area (Å²) in [6, 6.07) is 0. The zero-order valence-corrected chi connectivity index (χ0v) is 24.9. The lowest BCUT2D eigenvalue weighted by Crippen LogP contribution is -2.27. The average Bonchev–Trinajstić information content (AvgIpc) is 2.92. The standard InChI is InChI=1S/C34H60O4/c1-3-5-7-9-11-13-15-17-18-20-22-24-26-28-30-37-32-33(31-35)38-34(36)29-27-25-23-21-19-16-14-12-10-8-6-4-2/h5,7,11,13,17-18,22,24,33,35H,3-4,6,8-10,12,14-16,19-21,23,25-32H2,1-2H3/b7-5-,13-11-,18-17-,24-22-. The highest BCUT2D eigenvalue weighted by molar-refractivity contribution is 5.69. The number of aliphatic hydroxyl groups excluding tert-OH is 1. The molecule has 0 rings (SSSR count). The van der Waals surface area contributed by atoms with Gasteiger partial charge >= 0.3 is 5.97 Å². The van der Waals surface area contributed by atoms with Crippen molar-refractivity contribution in [2.24, 2.45) is 0 Å². The Kier molecular flexibility index (Phi) is 30.2. The minimum atomic E-state index is -0.558. The van der Waals surface area contributed by atoms with Gasteiger partial charge in [0.05, 0.1) is 13.2 Å². The lowest BCUT2D eigenvalue weighted by Gasteiger charge is -2.15. The normalized spacial score (nSPS) is 13.0. The summed E-state index contributed by atoms with van der Waals surface area (Å²) in [5.41, 5.74) is 0. The maximum absolute atomic E-state index is 12.1. The molecule has 0 fully saturated rings. The van der Waals surface area contributed by atoms with Crippen LogP contribution < -0.4 is 0 Å². The molecule has 0 aliphatic carbocycles. The van der Waals surface area contributed by atoms with Crippen molar-refractivity contribution in [2.45, 2.75) is 142 Å². The molecule has 0 aliphatic heterocycles. The third kappa shape index (κ3) is 28.9. The van der Waals surface area contributed by atoms with Gasteiger partial charge in [0.1, 0.15) is 6.10 Å². The van der Waals surface area contributed by atoms with Crippen LogP contribution in [0.5, 0.6) is 0 Å². The van der Waals surface area contributed by atoms with E-state index < -0.39 is 6.10 Å². The first-order valence-corrected chi connectivity index (χ1v) is 15.7. The van der Waals surface area contributed by atoms with Crippen LogP contribution in [0.3, 0.4) is 0 Å². The van der Waals surface area contributed by atoms with Crippen molar-refractivity contribution in [2.75, 3.05) is 19.8 Å². The predicted molar refractivity (Wildman–Crippen MR) is 163 cm³/mol. The van der Waals surface area contributed by atoms with Crippen molar-refractivity contribution in [3.63, 3.8) is 0 Å². The van der Waals surface area contributed by atoms with Gasteiger partial charge in [-0.3, -0.25) is 4.79 Å². The van der Waals surface area contributed by atoms with E-state index in [9.17, 15) is 9.90 Å². The Morgan fingerprint density at radius 3 is 1.68 bits per heavy atom. The monoisotopic (exact) mass is 532 g/mol. The van der Waals surface area contributed by atoms with Gasteiger partial charge in [0.15, 0.2) is 0 Å². The third-order valence-corrected chi connectivity index (χ3v) is 6.42. The molecule has 38 heavy (non-hydrogen) atoms. The van der Waals surface area contributed by atoms with Crippen LogP contribution in [0, 0.1) is 0 Å². The van der Waals surface area contributed by atoms with Gasteiger partial charge in [-0.15, -0.1) is 0 Å². The van der Waals surface area contributed by atoms with Crippen molar-refractivity contribution in [3.8, 4) is 0 Å². The number of allylic oxidation sites excluding steroid dienone is 8. The van der Waals surface area contributed by atoms with Crippen molar-refractivity contribution >= 4 is 5.97 Å². The molecule has 0 saturated carbocycles. The maximum Gasteiger partial charge on any atom is 0.306 e. The number of hydrogen-bond acceptors (Lipinski definition) is 4. The first kappa shape index (κ1) is 36.4. The number of carbonyl (C=O) groups excluding carboxylic acids is 1. The number of esters is 1. The largest absolute Gasteiger partial charge is 0.457 e. The third-order valence-electron chi connectivity index (χ3n) is 6.42. The molecule has 0 radical (unpaired) electrons. The number of unbranched alkanes of at least 4 members (excludes halogenated alkanes) is 12. The Balaban J connectivity index is 3.57. The summed E-state index contributed by atoms with van der Waals surface area (Å²) in [6.45, 7) is 5.08. The zero-order valence-electron chi connectivity index (χ0n) is 24.9. The van der Waals surface area contributed by atoms with Gasteiger partial charge in [-0.25, -0.2) is 0 Å². The molecular formula is C34H60O4. The number of rotatable bonds is 28. The van der Waals surface area contributed by atoms with Gasteiger partial charge in [0.2, 0.25) is 0 Å². The highest BCUT2D eigenvalue weighted by Crippen LogP contribution is 2.13. The van der Waals surface area contributed by atoms with Crippen LogP contribution >= 0.6 is 0 Å². The Bertz CT molecular complexity index is 606. The molecule has 4 heteroatoms. The average molecular weight is 533 g/mol. The van der Waals surface area contributed by atoms with E-state index in [0.717, 1.165) is 51.4 Å². The van der Waals surface area contributed by atoms with Crippen molar-refractivity contribution in [1.29, 1.82) is 0 Å². The topological polar surface area (TPSA) is 55.8 Å². The zero-order chi connectivity index (χ0) is 27.8. The van der Waals surface area contributed by atoms with E-state index in [1.807, 2.05) is 0 Å². The molecule has 0 spiro atoms. The van der Waals surface area contributed by atoms with Crippen molar-refractivity contribution in [3.05, 3.63) is 48.6 Å². The molecule has 1 N–H and O–H groups in total. The fourth-order valence-electron chi connectivity index (χ4n) is 4.09. The smallest absolute Gasteiger partial charge is 0.306 e. The summed E-state index contributed by atoms with van der Waals surface area (Å²) in [6.07, 6.45) is 38.6. The molecule has 0 aromatic heterocycles. The molecule has 0 saturated heterocycles. The van der Waals surface area contributed by atoms with E-state index in [0.29, 0.717) is 13.0 Å². The predicted octanol–water partition coefficient (Wildman–Crippen LogP) is 9.58. The Morgan fingerprint density at radius 1 is 0.658 bits per heavy atom. The maximum atomic E-state index is 12.1. The molecule has 0 heterocycles. The van der Waals surface area contributed by atoms with E-state index in [1.165, 1.54) is 64.2 Å². The van der Waals surface area contributed by atoms with Gasteiger partial charge in [0.25, 0.3) is 0 Å². The van der Waals surface area contributed by atoms with Gasteiger partial charge in [-0.2, -0.15) is 0 Å². The quantitative estimate of drug-likeness (QED) is 0.0619. The fourth-order valence-corrected chi connectivity index (χ4v) is 4.09. The molecular weight excluding hydrogens is 472 g/mol.